The molecule has 0 unspecified atom stereocenters. The van der Waals surface area contributed by atoms with Gasteiger partial charge in [0.25, 0.3) is 5.91 Å². The Morgan fingerprint density at radius 3 is 2.52 bits per heavy atom. The molecule has 3 aromatic heterocycles. The molecule has 0 bridgehead atoms. The number of fused-ring (bicyclic) bond motifs is 1. The van der Waals surface area contributed by atoms with E-state index in [4.69, 9.17) is 9.72 Å². The number of anilines is 1. The number of pyridine rings is 1. The van der Waals surface area contributed by atoms with Gasteiger partial charge in [-0.15, -0.1) is 0 Å². The summed E-state index contributed by atoms with van der Waals surface area (Å²) in [6.07, 6.45) is 10.0. The standard InChI is InChI=1S/C22H31N5O2/c1-6-8-16(9-7-2)18-14-27-13-17(19(29-15(3)4)12-21(27)23-18)22(28)24-20-10-11-26(5)25-20/h10-16H,6-9H2,1-5H3,(H,24,25,28). The largest absolute Gasteiger partial charge is 0.490 e. The molecule has 0 radical (unpaired) electrons. The molecule has 0 fully saturated rings. The van der Waals surface area contributed by atoms with E-state index in [9.17, 15) is 4.79 Å². The minimum atomic E-state index is -0.254. The molecule has 0 aliphatic rings. The number of ether oxygens (including phenoxy) is 1. The van der Waals surface area contributed by atoms with Gasteiger partial charge in [0.15, 0.2) is 5.82 Å². The van der Waals surface area contributed by atoms with E-state index in [-0.39, 0.29) is 12.0 Å². The van der Waals surface area contributed by atoms with Gasteiger partial charge in [-0.25, -0.2) is 4.98 Å². The first-order valence-electron chi connectivity index (χ1n) is 10.4. The Morgan fingerprint density at radius 1 is 1.21 bits per heavy atom. The molecule has 0 aliphatic heterocycles. The Labute approximate surface area is 172 Å². The molecule has 0 saturated heterocycles. The summed E-state index contributed by atoms with van der Waals surface area (Å²) in [5, 5.41) is 7.07. The number of nitrogens with one attached hydrogen (secondary N) is 1. The third-order valence-corrected chi connectivity index (χ3v) is 4.83. The number of amides is 1. The second-order valence-corrected chi connectivity index (χ2v) is 7.75. The third-order valence-electron chi connectivity index (χ3n) is 4.83. The van der Waals surface area contributed by atoms with Crippen LogP contribution in [0.5, 0.6) is 5.75 Å². The van der Waals surface area contributed by atoms with E-state index in [1.807, 2.05) is 37.6 Å². The lowest BCUT2D eigenvalue weighted by atomic mass is 9.95. The van der Waals surface area contributed by atoms with Crippen molar-refractivity contribution in [2.75, 3.05) is 5.32 Å². The maximum atomic E-state index is 12.9. The second-order valence-electron chi connectivity index (χ2n) is 7.75. The molecule has 29 heavy (non-hydrogen) atoms. The topological polar surface area (TPSA) is 73.5 Å². The first-order valence-corrected chi connectivity index (χ1v) is 10.4. The van der Waals surface area contributed by atoms with E-state index >= 15 is 0 Å². The van der Waals surface area contributed by atoms with Crippen LogP contribution < -0.4 is 10.1 Å². The van der Waals surface area contributed by atoms with Gasteiger partial charge in [0.05, 0.1) is 17.4 Å². The number of aryl methyl sites for hydroxylation is 1. The lowest BCUT2D eigenvalue weighted by molar-refractivity contribution is 0.102. The van der Waals surface area contributed by atoms with Crippen LogP contribution in [0.25, 0.3) is 5.65 Å². The van der Waals surface area contributed by atoms with Crippen molar-refractivity contribution in [2.45, 2.75) is 65.4 Å². The molecule has 156 valence electrons. The molecule has 3 heterocycles. The Hall–Kier alpha value is -2.83. The van der Waals surface area contributed by atoms with Crippen molar-refractivity contribution in [3.8, 4) is 5.75 Å². The molecule has 7 heteroatoms. The number of carbonyl (C=O) groups excluding carboxylic acids is 1. The fourth-order valence-corrected chi connectivity index (χ4v) is 3.56. The second kappa shape index (κ2) is 9.11. The average molecular weight is 398 g/mol. The van der Waals surface area contributed by atoms with Crippen LogP contribution in [0.15, 0.2) is 30.7 Å². The van der Waals surface area contributed by atoms with Gasteiger partial charge in [-0.1, -0.05) is 26.7 Å². The van der Waals surface area contributed by atoms with Gasteiger partial charge < -0.3 is 14.5 Å². The number of aromatic nitrogens is 4. The molecule has 1 amide bonds. The van der Waals surface area contributed by atoms with Gasteiger partial charge in [-0.3, -0.25) is 9.48 Å². The van der Waals surface area contributed by atoms with E-state index in [0.717, 1.165) is 37.0 Å². The van der Waals surface area contributed by atoms with Gasteiger partial charge >= 0.3 is 0 Å². The van der Waals surface area contributed by atoms with Gasteiger partial charge in [0, 0.05) is 43.7 Å². The number of hydrogen-bond acceptors (Lipinski definition) is 4. The van der Waals surface area contributed by atoms with Crippen LogP contribution in [0.4, 0.5) is 5.82 Å². The number of imidazole rings is 1. The third kappa shape index (κ3) is 4.96. The zero-order chi connectivity index (χ0) is 21.0. The minimum absolute atomic E-state index is 0.0544. The monoisotopic (exact) mass is 397 g/mol. The summed E-state index contributed by atoms with van der Waals surface area (Å²) in [6.45, 7) is 8.29. The number of rotatable bonds is 9. The van der Waals surface area contributed by atoms with Crippen molar-refractivity contribution in [1.82, 2.24) is 19.2 Å². The van der Waals surface area contributed by atoms with E-state index in [1.165, 1.54) is 0 Å². The molecule has 0 saturated carbocycles. The van der Waals surface area contributed by atoms with Crippen LogP contribution in [0, 0.1) is 0 Å². The summed E-state index contributed by atoms with van der Waals surface area (Å²) in [5.74, 6) is 1.21. The quantitative estimate of drug-likeness (QED) is 0.563. The van der Waals surface area contributed by atoms with Gasteiger partial charge in [-0.05, 0) is 26.7 Å². The fraction of sp³-hybridized carbons (Fsp3) is 0.500. The SMILES string of the molecule is CCCC(CCC)c1cn2cc(C(=O)Nc3ccn(C)n3)c(OC(C)C)cc2n1. The molecule has 3 rings (SSSR count). The molecular formula is C22H31N5O2. The van der Waals surface area contributed by atoms with Gasteiger partial charge in [-0.2, -0.15) is 5.10 Å². The molecule has 0 atom stereocenters. The Bertz CT molecular complexity index is 967. The Kier molecular flexibility index (Phi) is 6.56. The highest BCUT2D eigenvalue weighted by Crippen LogP contribution is 2.29. The molecular weight excluding hydrogens is 366 g/mol. The van der Waals surface area contributed by atoms with Crippen LogP contribution >= 0.6 is 0 Å². The fourth-order valence-electron chi connectivity index (χ4n) is 3.56. The zero-order valence-electron chi connectivity index (χ0n) is 18.0. The summed E-state index contributed by atoms with van der Waals surface area (Å²) in [6, 6.07) is 3.61. The van der Waals surface area contributed by atoms with Crippen LogP contribution in [-0.2, 0) is 7.05 Å². The molecule has 0 spiro atoms. The summed E-state index contributed by atoms with van der Waals surface area (Å²) < 4.78 is 9.51. The van der Waals surface area contributed by atoms with Crippen molar-refractivity contribution in [3.63, 3.8) is 0 Å². The molecule has 7 nitrogen and oxygen atoms in total. The lowest BCUT2D eigenvalue weighted by Gasteiger charge is -2.14. The highest BCUT2D eigenvalue weighted by molar-refractivity contribution is 6.05. The Balaban J connectivity index is 1.99. The zero-order valence-corrected chi connectivity index (χ0v) is 18.0. The van der Waals surface area contributed by atoms with Crippen molar-refractivity contribution < 1.29 is 9.53 Å². The predicted molar refractivity (Wildman–Crippen MR) is 115 cm³/mol. The summed E-state index contributed by atoms with van der Waals surface area (Å²) >= 11 is 0. The first kappa shape index (κ1) is 20.9. The van der Waals surface area contributed by atoms with Crippen molar-refractivity contribution >= 4 is 17.4 Å². The van der Waals surface area contributed by atoms with E-state index in [0.29, 0.717) is 23.0 Å². The summed E-state index contributed by atoms with van der Waals surface area (Å²) in [5.41, 5.74) is 2.33. The summed E-state index contributed by atoms with van der Waals surface area (Å²) in [4.78, 5) is 17.8. The Morgan fingerprint density at radius 2 is 1.93 bits per heavy atom. The highest BCUT2D eigenvalue weighted by Gasteiger charge is 2.20. The van der Waals surface area contributed by atoms with Gasteiger partial charge in [0.2, 0.25) is 0 Å². The normalized spacial score (nSPS) is 11.6. The minimum Gasteiger partial charge on any atom is -0.490 e. The smallest absolute Gasteiger partial charge is 0.262 e. The predicted octanol–water partition coefficient (Wildman–Crippen LogP) is 4.79. The first-order chi connectivity index (χ1) is 13.9. The van der Waals surface area contributed by atoms with E-state index < -0.39 is 0 Å². The van der Waals surface area contributed by atoms with Crippen LogP contribution in [0.2, 0.25) is 0 Å². The van der Waals surface area contributed by atoms with Gasteiger partial charge in [0.1, 0.15) is 11.4 Å². The van der Waals surface area contributed by atoms with Crippen LogP contribution in [0.3, 0.4) is 0 Å². The van der Waals surface area contributed by atoms with E-state index in [2.05, 4.69) is 24.3 Å². The molecule has 1 N–H and O–H groups in total. The average Bonchev–Trinajstić information content (AvgIpc) is 3.25. The molecule has 0 aromatic carbocycles. The highest BCUT2D eigenvalue weighted by atomic mass is 16.5. The van der Waals surface area contributed by atoms with Crippen LogP contribution in [-0.4, -0.2) is 31.2 Å². The van der Waals surface area contributed by atoms with Crippen molar-refractivity contribution in [3.05, 3.63) is 42.0 Å². The van der Waals surface area contributed by atoms with Crippen LogP contribution in [0.1, 0.15) is 75.3 Å². The van der Waals surface area contributed by atoms with E-state index in [1.54, 1.807) is 23.1 Å². The summed E-state index contributed by atoms with van der Waals surface area (Å²) in [7, 11) is 1.81. The molecule has 3 aromatic rings. The lowest BCUT2D eigenvalue weighted by Crippen LogP contribution is -2.17. The maximum Gasteiger partial charge on any atom is 0.262 e. The number of hydrogen-bond donors (Lipinski definition) is 1. The molecule has 0 aliphatic carbocycles. The maximum absolute atomic E-state index is 12.9. The number of carbonyl (C=O) groups is 1. The van der Waals surface area contributed by atoms with Crippen molar-refractivity contribution in [2.24, 2.45) is 7.05 Å². The van der Waals surface area contributed by atoms with Crippen molar-refractivity contribution in [1.29, 1.82) is 0 Å². The number of nitrogens with zero attached hydrogens (tertiary/aromatic N) is 4.